The second-order valence-electron chi connectivity index (χ2n) is 5.45. The quantitative estimate of drug-likeness (QED) is 0.463. The van der Waals surface area contributed by atoms with Crippen molar-refractivity contribution in [2.45, 2.75) is 0 Å². The van der Waals surface area contributed by atoms with Crippen LogP contribution < -0.4 is 19.1 Å². The van der Waals surface area contributed by atoms with Crippen LogP contribution in [0.2, 0.25) is 0 Å². The highest BCUT2D eigenvalue weighted by Gasteiger charge is 2.33. The van der Waals surface area contributed by atoms with Gasteiger partial charge in [0.15, 0.2) is 15.8 Å². The van der Waals surface area contributed by atoms with E-state index in [0.29, 0.717) is 26.5 Å². The summed E-state index contributed by atoms with van der Waals surface area (Å²) in [6.45, 7) is 0. The summed E-state index contributed by atoms with van der Waals surface area (Å²) in [7, 11) is 4.64. The number of carbonyl (C=O) groups is 1. The summed E-state index contributed by atoms with van der Waals surface area (Å²) in [5, 5.41) is 0. The first-order valence-corrected chi connectivity index (χ1v) is 9.83. The summed E-state index contributed by atoms with van der Waals surface area (Å²) in [4.78, 5) is 14.9. The number of carbonyl (C=O) groups excluding carboxylic acids is 1. The van der Waals surface area contributed by atoms with Crippen LogP contribution in [-0.4, -0.2) is 31.6 Å². The van der Waals surface area contributed by atoms with Crippen molar-refractivity contribution in [3.8, 4) is 17.2 Å². The topological polar surface area (TPSA) is 48.0 Å². The van der Waals surface area contributed by atoms with Gasteiger partial charge in [-0.25, -0.2) is 0 Å². The Morgan fingerprint density at radius 2 is 1.63 bits per heavy atom. The van der Waals surface area contributed by atoms with Crippen molar-refractivity contribution in [3.63, 3.8) is 0 Å². The number of amides is 1. The largest absolute Gasteiger partial charge is 0.493 e. The molecule has 0 aliphatic carbocycles. The highest BCUT2D eigenvalue weighted by molar-refractivity contribution is 9.10. The molecule has 1 saturated heterocycles. The first-order valence-electron chi connectivity index (χ1n) is 7.82. The number of ether oxygens (including phenoxy) is 3. The van der Waals surface area contributed by atoms with Crippen molar-refractivity contribution < 1.29 is 19.0 Å². The van der Waals surface area contributed by atoms with Gasteiger partial charge in [0.05, 0.1) is 31.9 Å². The van der Waals surface area contributed by atoms with E-state index >= 15 is 0 Å². The average molecular weight is 466 g/mol. The van der Waals surface area contributed by atoms with Gasteiger partial charge >= 0.3 is 0 Å². The minimum atomic E-state index is -0.166. The standard InChI is InChI=1S/C19H16BrNO4S2/c1-23-14-8-11(9-15(24-2)17(14)25-3)10-16-18(22)21(19(26)27-16)13-6-4-12(20)5-7-13/h4-10H,1-3H3/b16-10+. The van der Waals surface area contributed by atoms with Crippen LogP contribution in [0.5, 0.6) is 17.2 Å². The van der Waals surface area contributed by atoms with Crippen molar-refractivity contribution in [3.05, 3.63) is 51.3 Å². The molecule has 0 unspecified atom stereocenters. The van der Waals surface area contributed by atoms with Crippen molar-refractivity contribution in [1.82, 2.24) is 0 Å². The SMILES string of the molecule is COc1cc(/C=C2/SC(=S)N(c3ccc(Br)cc3)C2=O)cc(OC)c1OC. The Morgan fingerprint density at radius 3 is 2.15 bits per heavy atom. The predicted octanol–water partition coefficient (Wildman–Crippen LogP) is 4.88. The zero-order valence-electron chi connectivity index (χ0n) is 14.8. The zero-order valence-corrected chi connectivity index (χ0v) is 18.0. The van der Waals surface area contributed by atoms with Gasteiger partial charge in [-0.05, 0) is 48.0 Å². The van der Waals surface area contributed by atoms with Gasteiger partial charge in [0.2, 0.25) is 5.75 Å². The maximum atomic E-state index is 12.9. The van der Waals surface area contributed by atoms with Gasteiger partial charge in [0.25, 0.3) is 5.91 Å². The average Bonchev–Trinajstić information content (AvgIpc) is 2.95. The molecule has 3 rings (SSSR count). The molecule has 8 heteroatoms. The summed E-state index contributed by atoms with van der Waals surface area (Å²) < 4.78 is 17.5. The van der Waals surface area contributed by atoms with Gasteiger partial charge in [-0.1, -0.05) is 39.9 Å². The fourth-order valence-electron chi connectivity index (χ4n) is 2.62. The highest BCUT2D eigenvalue weighted by atomic mass is 79.9. The Morgan fingerprint density at radius 1 is 1.04 bits per heavy atom. The number of hydrogen-bond donors (Lipinski definition) is 0. The summed E-state index contributed by atoms with van der Waals surface area (Å²) >= 11 is 10.1. The Labute approximate surface area is 175 Å². The number of anilines is 1. The minimum Gasteiger partial charge on any atom is -0.493 e. The van der Waals surface area contributed by atoms with Crippen LogP contribution in [0.25, 0.3) is 6.08 Å². The molecular formula is C19H16BrNO4S2. The number of thioether (sulfide) groups is 1. The fraction of sp³-hybridized carbons (Fsp3) is 0.158. The molecule has 1 heterocycles. The van der Waals surface area contributed by atoms with Crippen molar-refractivity contribution in [2.24, 2.45) is 0 Å². The molecular weight excluding hydrogens is 450 g/mol. The number of benzene rings is 2. The van der Waals surface area contributed by atoms with Crippen LogP contribution in [0.4, 0.5) is 5.69 Å². The van der Waals surface area contributed by atoms with E-state index in [0.717, 1.165) is 15.7 Å². The van der Waals surface area contributed by atoms with E-state index in [2.05, 4.69) is 15.9 Å². The molecule has 1 aliphatic heterocycles. The van der Waals surface area contributed by atoms with Crippen LogP contribution in [-0.2, 0) is 4.79 Å². The lowest BCUT2D eigenvalue weighted by Crippen LogP contribution is -2.27. The molecule has 2 aromatic rings. The Kier molecular flexibility index (Phi) is 6.08. The van der Waals surface area contributed by atoms with Gasteiger partial charge in [-0.2, -0.15) is 0 Å². The molecule has 140 valence electrons. The third-order valence-electron chi connectivity index (χ3n) is 3.86. The van der Waals surface area contributed by atoms with Crippen LogP contribution in [0.15, 0.2) is 45.8 Å². The minimum absolute atomic E-state index is 0.166. The van der Waals surface area contributed by atoms with Crippen LogP contribution in [0.3, 0.4) is 0 Å². The Balaban J connectivity index is 1.97. The molecule has 0 bridgehead atoms. The Hall–Kier alpha value is -2.03. The van der Waals surface area contributed by atoms with Gasteiger partial charge in [-0.15, -0.1) is 0 Å². The summed E-state index contributed by atoms with van der Waals surface area (Å²) in [6.07, 6.45) is 1.77. The van der Waals surface area contributed by atoms with Gasteiger partial charge in [0.1, 0.15) is 0 Å². The lowest BCUT2D eigenvalue weighted by atomic mass is 10.1. The first-order chi connectivity index (χ1) is 13.0. The predicted molar refractivity (Wildman–Crippen MR) is 116 cm³/mol. The lowest BCUT2D eigenvalue weighted by molar-refractivity contribution is -0.113. The molecule has 1 fully saturated rings. The van der Waals surface area contributed by atoms with Gasteiger partial charge in [-0.3, -0.25) is 9.69 Å². The molecule has 1 amide bonds. The second-order valence-corrected chi connectivity index (χ2v) is 8.04. The third-order valence-corrected chi connectivity index (χ3v) is 5.69. The van der Waals surface area contributed by atoms with Crippen LogP contribution >= 0.6 is 39.9 Å². The number of hydrogen-bond acceptors (Lipinski definition) is 6. The number of methoxy groups -OCH3 is 3. The number of halogens is 1. The van der Waals surface area contributed by atoms with E-state index in [1.54, 1.807) is 39.5 Å². The zero-order chi connectivity index (χ0) is 19.6. The van der Waals surface area contributed by atoms with Crippen molar-refractivity contribution in [2.75, 3.05) is 26.2 Å². The molecule has 1 aliphatic rings. The molecule has 27 heavy (non-hydrogen) atoms. The van der Waals surface area contributed by atoms with Crippen LogP contribution in [0.1, 0.15) is 5.56 Å². The van der Waals surface area contributed by atoms with E-state index in [-0.39, 0.29) is 5.91 Å². The van der Waals surface area contributed by atoms with E-state index in [1.807, 2.05) is 24.3 Å². The van der Waals surface area contributed by atoms with Crippen LogP contribution in [0, 0.1) is 0 Å². The molecule has 0 spiro atoms. The molecule has 0 radical (unpaired) electrons. The summed E-state index contributed by atoms with van der Waals surface area (Å²) in [5.41, 5.74) is 1.48. The smallest absolute Gasteiger partial charge is 0.270 e. The van der Waals surface area contributed by atoms with Crippen molar-refractivity contribution in [1.29, 1.82) is 0 Å². The molecule has 0 N–H and O–H groups in total. The normalized spacial score (nSPS) is 15.4. The molecule has 5 nitrogen and oxygen atoms in total. The molecule has 0 aromatic heterocycles. The molecule has 2 aromatic carbocycles. The Bertz CT molecular complexity index is 903. The third kappa shape index (κ3) is 3.97. The summed E-state index contributed by atoms with van der Waals surface area (Å²) in [5.74, 6) is 1.37. The lowest BCUT2D eigenvalue weighted by Gasteiger charge is -2.14. The van der Waals surface area contributed by atoms with E-state index < -0.39 is 0 Å². The van der Waals surface area contributed by atoms with Gasteiger partial charge in [0, 0.05) is 4.47 Å². The molecule has 0 atom stereocenters. The maximum Gasteiger partial charge on any atom is 0.270 e. The first kappa shape index (κ1) is 19.7. The van der Waals surface area contributed by atoms with E-state index in [1.165, 1.54) is 16.7 Å². The maximum absolute atomic E-state index is 12.9. The van der Waals surface area contributed by atoms with E-state index in [4.69, 9.17) is 26.4 Å². The summed E-state index contributed by atoms with van der Waals surface area (Å²) in [6, 6.07) is 11.0. The monoisotopic (exact) mass is 465 g/mol. The number of thiocarbonyl (C=S) groups is 1. The highest BCUT2D eigenvalue weighted by Crippen LogP contribution is 2.41. The van der Waals surface area contributed by atoms with E-state index in [9.17, 15) is 4.79 Å². The van der Waals surface area contributed by atoms with Gasteiger partial charge < -0.3 is 14.2 Å². The molecule has 0 saturated carbocycles. The fourth-order valence-corrected chi connectivity index (χ4v) is 4.18. The van der Waals surface area contributed by atoms with Crippen molar-refractivity contribution >= 4 is 61.9 Å². The number of nitrogens with zero attached hydrogens (tertiary/aromatic N) is 1. The number of rotatable bonds is 5. The second kappa shape index (κ2) is 8.33.